The zero-order valence-corrected chi connectivity index (χ0v) is 7.49. The number of fused-ring (bicyclic) bond motifs is 1. The van der Waals surface area contributed by atoms with Gasteiger partial charge in [0.05, 0.1) is 6.61 Å². The third-order valence-corrected chi connectivity index (χ3v) is 2.36. The van der Waals surface area contributed by atoms with Crippen molar-refractivity contribution in [3.63, 3.8) is 0 Å². The van der Waals surface area contributed by atoms with E-state index in [1.165, 1.54) is 0 Å². The van der Waals surface area contributed by atoms with Gasteiger partial charge in [-0.1, -0.05) is 24.8 Å². The quantitative estimate of drug-likeness (QED) is 0.709. The Morgan fingerprint density at radius 2 is 2.38 bits per heavy atom. The molecule has 0 saturated heterocycles. The van der Waals surface area contributed by atoms with Crippen LogP contribution in [0.15, 0.2) is 24.8 Å². The van der Waals surface area contributed by atoms with Crippen LogP contribution in [-0.4, -0.2) is 6.61 Å². The summed E-state index contributed by atoms with van der Waals surface area (Å²) in [6, 6.07) is 6.15. The third-order valence-electron chi connectivity index (χ3n) is 2.36. The van der Waals surface area contributed by atoms with Crippen LogP contribution in [0.4, 0.5) is 0 Å². The first-order chi connectivity index (χ1) is 6.31. The number of benzene rings is 1. The van der Waals surface area contributed by atoms with Gasteiger partial charge in [0.15, 0.2) is 0 Å². The summed E-state index contributed by atoms with van der Waals surface area (Å²) in [6.07, 6.45) is 2.71. The SMILES string of the molecule is C=Cc1ccc2c(c1)OCC[C@H]2N. The van der Waals surface area contributed by atoms with Crippen LogP contribution < -0.4 is 10.5 Å². The molecular formula is C11H13NO. The number of nitrogens with two attached hydrogens (primary N) is 1. The molecule has 0 radical (unpaired) electrons. The van der Waals surface area contributed by atoms with Crippen molar-refractivity contribution in [1.29, 1.82) is 0 Å². The summed E-state index contributed by atoms with van der Waals surface area (Å²) in [6.45, 7) is 4.43. The van der Waals surface area contributed by atoms with E-state index in [2.05, 4.69) is 6.58 Å². The van der Waals surface area contributed by atoms with E-state index in [-0.39, 0.29) is 6.04 Å². The Hall–Kier alpha value is -1.28. The first-order valence-corrected chi connectivity index (χ1v) is 4.46. The summed E-state index contributed by atoms with van der Waals surface area (Å²) in [5.41, 5.74) is 8.12. The molecule has 68 valence electrons. The molecule has 0 saturated carbocycles. The lowest BCUT2D eigenvalue weighted by molar-refractivity contribution is 0.269. The minimum Gasteiger partial charge on any atom is -0.493 e. The van der Waals surface area contributed by atoms with Crippen molar-refractivity contribution in [1.82, 2.24) is 0 Å². The smallest absolute Gasteiger partial charge is 0.124 e. The molecule has 1 aromatic rings. The molecule has 2 rings (SSSR count). The predicted octanol–water partition coefficient (Wildman–Crippen LogP) is 2.11. The van der Waals surface area contributed by atoms with Crippen molar-refractivity contribution in [3.8, 4) is 5.75 Å². The lowest BCUT2D eigenvalue weighted by Crippen LogP contribution is -2.20. The van der Waals surface area contributed by atoms with Gasteiger partial charge in [-0.3, -0.25) is 0 Å². The zero-order valence-electron chi connectivity index (χ0n) is 7.49. The van der Waals surface area contributed by atoms with E-state index in [4.69, 9.17) is 10.5 Å². The average Bonchev–Trinajstić information content (AvgIpc) is 2.18. The Morgan fingerprint density at radius 3 is 3.15 bits per heavy atom. The average molecular weight is 175 g/mol. The molecule has 0 bridgehead atoms. The molecule has 1 atom stereocenters. The van der Waals surface area contributed by atoms with Crippen molar-refractivity contribution in [2.24, 2.45) is 5.73 Å². The van der Waals surface area contributed by atoms with Crippen LogP contribution in [0.2, 0.25) is 0 Å². The Morgan fingerprint density at radius 1 is 1.54 bits per heavy atom. The highest BCUT2D eigenvalue weighted by Gasteiger charge is 2.17. The minimum atomic E-state index is 0.127. The highest BCUT2D eigenvalue weighted by Crippen LogP contribution is 2.31. The normalized spacial score (nSPS) is 20.2. The second-order valence-electron chi connectivity index (χ2n) is 3.25. The van der Waals surface area contributed by atoms with Crippen molar-refractivity contribution < 1.29 is 4.74 Å². The van der Waals surface area contributed by atoms with Gasteiger partial charge in [0, 0.05) is 18.0 Å². The molecule has 0 spiro atoms. The fourth-order valence-electron chi connectivity index (χ4n) is 1.56. The van der Waals surface area contributed by atoms with Crippen molar-refractivity contribution in [2.45, 2.75) is 12.5 Å². The van der Waals surface area contributed by atoms with E-state index in [9.17, 15) is 0 Å². The van der Waals surface area contributed by atoms with Gasteiger partial charge in [-0.05, 0) is 11.6 Å². The molecule has 0 fully saturated rings. The summed E-state index contributed by atoms with van der Waals surface area (Å²) < 4.78 is 5.51. The van der Waals surface area contributed by atoms with Crippen LogP contribution in [0.25, 0.3) is 6.08 Å². The fraction of sp³-hybridized carbons (Fsp3) is 0.273. The third kappa shape index (κ3) is 1.45. The summed E-state index contributed by atoms with van der Waals surface area (Å²) in [5.74, 6) is 0.913. The number of ether oxygens (including phenoxy) is 1. The highest BCUT2D eigenvalue weighted by atomic mass is 16.5. The van der Waals surface area contributed by atoms with Gasteiger partial charge in [0.25, 0.3) is 0 Å². The lowest BCUT2D eigenvalue weighted by Gasteiger charge is -2.22. The molecule has 0 aromatic heterocycles. The lowest BCUT2D eigenvalue weighted by atomic mass is 10.00. The van der Waals surface area contributed by atoms with Gasteiger partial charge in [0.2, 0.25) is 0 Å². The Bertz CT molecular complexity index is 333. The molecule has 1 aliphatic heterocycles. The maximum Gasteiger partial charge on any atom is 0.124 e. The molecule has 1 heterocycles. The zero-order chi connectivity index (χ0) is 9.26. The summed E-state index contributed by atoms with van der Waals surface area (Å²) in [7, 11) is 0. The van der Waals surface area contributed by atoms with Crippen LogP contribution in [0, 0.1) is 0 Å². The Kier molecular flexibility index (Phi) is 2.07. The summed E-state index contributed by atoms with van der Waals surface area (Å²) in [4.78, 5) is 0. The molecule has 13 heavy (non-hydrogen) atoms. The first kappa shape index (κ1) is 8.32. The van der Waals surface area contributed by atoms with E-state index in [1.807, 2.05) is 24.3 Å². The van der Waals surface area contributed by atoms with Gasteiger partial charge in [-0.15, -0.1) is 0 Å². The molecule has 0 aliphatic carbocycles. The summed E-state index contributed by atoms with van der Waals surface area (Å²) >= 11 is 0. The maximum absolute atomic E-state index is 5.93. The molecular weight excluding hydrogens is 162 g/mol. The van der Waals surface area contributed by atoms with Crippen molar-refractivity contribution in [2.75, 3.05) is 6.61 Å². The monoisotopic (exact) mass is 175 g/mol. The van der Waals surface area contributed by atoms with Crippen molar-refractivity contribution in [3.05, 3.63) is 35.9 Å². The van der Waals surface area contributed by atoms with Crippen LogP contribution in [-0.2, 0) is 0 Å². The minimum absolute atomic E-state index is 0.127. The van der Waals surface area contributed by atoms with Gasteiger partial charge in [-0.25, -0.2) is 0 Å². The van der Waals surface area contributed by atoms with E-state index in [1.54, 1.807) is 0 Å². The van der Waals surface area contributed by atoms with E-state index in [0.717, 1.165) is 29.9 Å². The fourth-order valence-corrected chi connectivity index (χ4v) is 1.56. The Labute approximate surface area is 78.0 Å². The van der Waals surface area contributed by atoms with Gasteiger partial charge >= 0.3 is 0 Å². The molecule has 0 unspecified atom stereocenters. The van der Waals surface area contributed by atoms with E-state index in [0.29, 0.717) is 0 Å². The summed E-state index contributed by atoms with van der Waals surface area (Å²) in [5, 5.41) is 0. The number of rotatable bonds is 1. The Balaban J connectivity index is 2.45. The largest absolute Gasteiger partial charge is 0.493 e. The van der Waals surface area contributed by atoms with Gasteiger partial charge in [0.1, 0.15) is 5.75 Å². The molecule has 2 nitrogen and oxygen atoms in total. The van der Waals surface area contributed by atoms with Crippen LogP contribution in [0.3, 0.4) is 0 Å². The van der Waals surface area contributed by atoms with Gasteiger partial charge < -0.3 is 10.5 Å². The predicted molar refractivity (Wildman–Crippen MR) is 53.6 cm³/mol. The topological polar surface area (TPSA) is 35.2 Å². The van der Waals surface area contributed by atoms with E-state index >= 15 is 0 Å². The highest BCUT2D eigenvalue weighted by molar-refractivity contribution is 5.53. The molecule has 2 heteroatoms. The second kappa shape index (κ2) is 3.23. The van der Waals surface area contributed by atoms with E-state index < -0.39 is 0 Å². The van der Waals surface area contributed by atoms with Gasteiger partial charge in [-0.2, -0.15) is 0 Å². The molecule has 1 aromatic carbocycles. The second-order valence-corrected chi connectivity index (χ2v) is 3.25. The molecule has 0 amide bonds. The number of hydrogen-bond acceptors (Lipinski definition) is 2. The first-order valence-electron chi connectivity index (χ1n) is 4.46. The van der Waals surface area contributed by atoms with Crippen LogP contribution in [0.5, 0.6) is 5.75 Å². The maximum atomic E-state index is 5.93. The standard InChI is InChI=1S/C11H13NO/c1-2-8-3-4-9-10(12)5-6-13-11(9)7-8/h2-4,7,10H,1,5-6,12H2/t10-/m1/s1. The van der Waals surface area contributed by atoms with Crippen molar-refractivity contribution >= 4 is 6.08 Å². The van der Waals surface area contributed by atoms with Crippen LogP contribution in [0.1, 0.15) is 23.6 Å². The van der Waals surface area contributed by atoms with Crippen LogP contribution >= 0.6 is 0 Å². The number of hydrogen-bond donors (Lipinski definition) is 1. The molecule has 1 aliphatic rings. The molecule has 2 N–H and O–H groups in total.